The van der Waals surface area contributed by atoms with Crippen LogP contribution in [-0.2, 0) is 9.47 Å². The van der Waals surface area contributed by atoms with Crippen molar-refractivity contribution in [2.75, 3.05) is 38.8 Å². The Kier molecular flexibility index (Phi) is 6.57. The molecule has 0 saturated carbocycles. The van der Waals surface area contributed by atoms with Crippen LogP contribution in [-0.4, -0.2) is 50.8 Å². The number of benzene rings is 1. The Labute approximate surface area is 130 Å². The van der Waals surface area contributed by atoms with Crippen molar-refractivity contribution in [3.8, 4) is 5.75 Å². The Hall–Kier alpha value is -1.01. The fourth-order valence-electron chi connectivity index (χ4n) is 2.18. The molecule has 1 saturated heterocycles. The standard InChI is InChI=1S/C15H22ClNO4/c1-19-15-7-11(4-5-14(15)16)17-8-12(18)9-20-10-13-3-2-6-21-13/h4-5,7,12-13,17-18H,2-3,6,8-10H2,1H3. The van der Waals surface area contributed by atoms with Gasteiger partial charge in [0.2, 0.25) is 0 Å². The Balaban J connectivity index is 1.67. The minimum atomic E-state index is -0.576. The lowest BCUT2D eigenvalue weighted by Gasteiger charge is -2.15. The van der Waals surface area contributed by atoms with Crippen LogP contribution in [0.3, 0.4) is 0 Å². The minimum Gasteiger partial charge on any atom is -0.495 e. The molecule has 1 aliphatic heterocycles. The Morgan fingerprint density at radius 1 is 1.52 bits per heavy atom. The van der Waals surface area contributed by atoms with E-state index in [0.29, 0.717) is 23.9 Å². The summed E-state index contributed by atoms with van der Waals surface area (Å²) in [6, 6.07) is 5.39. The van der Waals surface area contributed by atoms with E-state index >= 15 is 0 Å². The maximum absolute atomic E-state index is 9.88. The van der Waals surface area contributed by atoms with Gasteiger partial charge in [-0.05, 0) is 25.0 Å². The van der Waals surface area contributed by atoms with E-state index in [1.54, 1.807) is 19.2 Å². The molecule has 2 atom stereocenters. The van der Waals surface area contributed by atoms with Crippen LogP contribution >= 0.6 is 11.6 Å². The van der Waals surface area contributed by atoms with Gasteiger partial charge in [0.1, 0.15) is 5.75 Å². The normalized spacial score (nSPS) is 19.5. The molecule has 2 unspecified atom stereocenters. The molecule has 0 bridgehead atoms. The van der Waals surface area contributed by atoms with E-state index in [1.807, 2.05) is 6.07 Å². The smallest absolute Gasteiger partial charge is 0.139 e. The van der Waals surface area contributed by atoms with Crippen molar-refractivity contribution in [3.63, 3.8) is 0 Å². The number of methoxy groups -OCH3 is 1. The Morgan fingerprint density at radius 2 is 2.38 bits per heavy atom. The molecular weight excluding hydrogens is 294 g/mol. The van der Waals surface area contributed by atoms with Gasteiger partial charge in [-0.25, -0.2) is 0 Å². The molecule has 2 N–H and O–H groups in total. The Morgan fingerprint density at radius 3 is 3.10 bits per heavy atom. The van der Waals surface area contributed by atoms with Crippen LogP contribution in [0.2, 0.25) is 5.02 Å². The van der Waals surface area contributed by atoms with E-state index in [0.717, 1.165) is 25.1 Å². The highest BCUT2D eigenvalue weighted by Crippen LogP contribution is 2.27. The topological polar surface area (TPSA) is 60.0 Å². The van der Waals surface area contributed by atoms with E-state index in [9.17, 15) is 5.11 Å². The fraction of sp³-hybridized carbons (Fsp3) is 0.600. The number of halogens is 1. The van der Waals surface area contributed by atoms with Crippen LogP contribution in [0.25, 0.3) is 0 Å². The lowest BCUT2D eigenvalue weighted by molar-refractivity contribution is -0.0137. The van der Waals surface area contributed by atoms with Gasteiger partial charge in [0, 0.05) is 24.9 Å². The molecule has 6 heteroatoms. The van der Waals surface area contributed by atoms with Gasteiger partial charge in [0.05, 0.1) is 37.6 Å². The molecule has 118 valence electrons. The molecule has 0 spiro atoms. The lowest BCUT2D eigenvalue weighted by Crippen LogP contribution is -2.27. The molecule has 0 aliphatic carbocycles. The average molecular weight is 316 g/mol. The summed E-state index contributed by atoms with van der Waals surface area (Å²) in [5.74, 6) is 0.603. The van der Waals surface area contributed by atoms with E-state index in [1.165, 1.54) is 0 Å². The fourth-order valence-corrected chi connectivity index (χ4v) is 2.37. The molecule has 1 aromatic carbocycles. The number of hydrogen-bond donors (Lipinski definition) is 2. The molecule has 1 fully saturated rings. The third-order valence-electron chi connectivity index (χ3n) is 3.33. The predicted octanol–water partition coefficient (Wildman–Crippen LogP) is 2.32. The molecule has 21 heavy (non-hydrogen) atoms. The molecule has 0 amide bonds. The first kappa shape index (κ1) is 16.4. The predicted molar refractivity (Wildman–Crippen MR) is 82.3 cm³/mol. The number of hydrogen-bond acceptors (Lipinski definition) is 5. The van der Waals surface area contributed by atoms with Crippen molar-refractivity contribution in [1.29, 1.82) is 0 Å². The molecule has 1 heterocycles. The summed E-state index contributed by atoms with van der Waals surface area (Å²) in [7, 11) is 1.57. The van der Waals surface area contributed by atoms with Crippen LogP contribution in [0.4, 0.5) is 5.69 Å². The summed E-state index contributed by atoms with van der Waals surface area (Å²) in [5, 5.41) is 13.6. The number of nitrogens with one attached hydrogen (secondary N) is 1. The Bertz CT molecular complexity index is 438. The zero-order chi connectivity index (χ0) is 15.1. The largest absolute Gasteiger partial charge is 0.495 e. The minimum absolute atomic E-state index is 0.186. The second-order valence-corrected chi connectivity index (χ2v) is 5.46. The first-order valence-electron chi connectivity index (χ1n) is 7.14. The van der Waals surface area contributed by atoms with Gasteiger partial charge in [-0.15, -0.1) is 0 Å². The molecule has 5 nitrogen and oxygen atoms in total. The van der Waals surface area contributed by atoms with Gasteiger partial charge in [-0.3, -0.25) is 0 Å². The van der Waals surface area contributed by atoms with Gasteiger partial charge in [0.25, 0.3) is 0 Å². The van der Waals surface area contributed by atoms with E-state index in [4.69, 9.17) is 25.8 Å². The second-order valence-electron chi connectivity index (χ2n) is 5.06. The lowest BCUT2D eigenvalue weighted by atomic mass is 10.2. The number of ether oxygens (including phenoxy) is 3. The summed E-state index contributed by atoms with van der Waals surface area (Å²) in [6.07, 6.45) is 1.74. The number of anilines is 1. The maximum Gasteiger partial charge on any atom is 0.139 e. The van der Waals surface area contributed by atoms with Gasteiger partial charge in [-0.2, -0.15) is 0 Å². The van der Waals surface area contributed by atoms with E-state index in [-0.39, 0.29) is 12.7 Å². The highest BCUT2D eigenvalue weighted by Gasteiger charge is 2.16. The zero-order valence-electron chi connectivity index (χ0n) is 12.2. The number of rotatable bonds is 8. The van der Waals surface area contributed by atoms with E-state index < -0.39 is 6.10 Å². The summed E-state index contributed by atoms with van der Waals surface area (Å²) < 4.78 is 16.1. The van der Waals surface area contributed by atoms with Crippen LogP contribution < -0.4 is 10.1 Å². The van der Waals surface area contributed by atoms with Crippen molar-refractivity contribution in [2.45, 2.75) is 25.0 Å². The van der Waals surface area contributed by atoms with Gasteiger partial charge in [0.15, 0.2) is 0 Å². The van der Waals surface area contributed by atoms with Crippen LogP contribution in [0.15, 0.2) is 18.2 Å². The van der Waals surface area contributed by atoms with Crippen molar-refractivity contribution in [1.82, 2.24) is 0 Å². The van der Waals surface area contributed by atoms with Crippen molar-refractivity contribution in [2.24, 2.45) is 0 Å². The molecule has 0 aromatic heterocycles. The molecule has 0 radical (unpaired) electrons. The van der Waals surface area contributed by atoms with E-state index in [2.05, 4.69) is 5.32 Å². The number of aliphatic hydroxyl groups excluding tert-OH is 1. The molecular formula is C15H22ClNO4. The quantitative estimate of drug-likeness (QED) is 0.771. The zero-order valence-corrected chi connectivity index (χ0v) is 12.9. The summed E-state index contributed by atoms with van der Waals surface area (Å²) in [4.78, 5) is 0. The highest BCUT2D eigenvalue weighted by molar-refractivity contribution is 6.32. The summed E-state index contributed by atoms with van der Waals surface area (Å²) in [6.45, 7) is 2.05. The third kappa shape index (κ3) is 5.36. The third-order valence-corrected chi connectivity index (χ3v) is 3.64. The van der Waals surface area contributed by atoms with Gasteiger partial charge in [-0.1, -0.05) is 11.6 Å². The average Bonchev–Trinajstić information content (AvgIpc) is 2.99. The SMILES string of the molecule is COc1cc(NCC(O)COCC2CCCO2)ccc1Cl. The van der Waals surface area contributed by atoms with Gasteiger partial charge >= 0.3 is 0 Å². The maximum atomic E-state index is 9.88. The van der Waals surface area contributed by atoms with Crippen LogP contribution in [0.5, 0.6) is 5.75 Å². The second kappa shape index (κ2) is 8.44. The van der Waals surface area contributed by atoms with Gasteiger partial charge < -0.3 is 24.6 Å². The monoisotopic (exact) mass is 315 g/mol. The summed E-state index contributed by atoms with van der Waals surface area (Å²) in [5.41, 5.74) is 0.842. The molecule has 1 aliphatic rings. The van der Waals surface area contributed by atoms with Crippen molar-refractivity contribution >= 4 is 17.3 Å². The first-order valence-corrected chi connectivity index (χ1v) is 7.51. The highest BCUT2D eigenvalue weighted by atomic mass is 35.5. The van der Waals surface area contributed by atoms with Crippen molar-refractivity contribution < 1.29 is 19.3 Å². The van der Waals surface area contributed by atoms with Crippen molar-refractivity contribution in [3.05, 3.63) is 23.2 Å². The summed E-state index contributed by atoms with van der Waals surface area (Å²) >= 11 is 5.96. The number of aliphatic hydroxyl groups is 1. The molecule has 2 rings (SSSR count). The van der Waals surface area contributed by atoms with Crippen LogP contribution in [0.1, 0.15) is 12.8 Å². The first-order chi connectivity index (χ1) is 10.2. The van der Waals surface area contributed by atoms with Crippen LogP contribution in [0, 0.1) is 0 Å². The molecule has 1 aromatic rings.